The summed E-state index contributed by atoms with van der Waals surface area (Å²) >= 11 is 0. The summed E-state index contributed by atoms with van der Waals surface area (Å²) in [5.41, 5.74) is 0.282. The number of hydrogen-bond acceptors (Lipinski definition) is 8. The van der Waals surface area contributed by atoms with Crippen LogP contribution in [-0.2, 0) is 19.1 Å². The van der Waals surface area contributed by atoms with Crippen molar-refractivity contribution in [3.05, 3.63) is 27.9 Å². The van der Waals surface area contributed by atoms with Crippen molar-refractivity contribution in [2.75, 3.05) is 32.2 Å². The van der Waals surface area contributed by atoms with E-state index in [1.54, 1.807) is 6.92 Å². The van der Waals surface area contributed by atoms with Gasteiger partial charge in [0.1, 0.15) is 13.1 Å². The molecule has 1 heterocycles. The first-order chi connectivity index (χ1) is 9.88. The Morgan fingerprint density at radius 3 is 2.24 bits per heavy atom. The molecule has 9 nitrogen and oxygen atoms in total. The topological polar surface area (TPSA) is 112 Å². The van der Waals surface area contributed by atoms with Crippen LogP contribution >= 0.6 is 0 Å². The van der Waals surface area contributed by atoms with Crippen molar-refractivity contribution in [3.63, 3.8) is 0 Å². The summed E-state index contributed by atoms with van der Waals surface area (Å²) < 4.78 is 9.02. The van der Waals surface area contributed by atoms with Gasteiger partial charge in [-0.05, 0) is 12.5 Å². The summed E-state index contributed by atoms with van der Waals surface area (Å²) in [6.45, 7) is 0.930. The predicted molar refractivity (Wildman–Crippen MR) is 71.9 cm³/mol. The molecule has 0 fully saturated rings. The molecule has 0 aromatic carbocycles. The molecule has 0 aliphatic heterocycles. The summed E-state index contributed by atoms with van der Waals surface area (Å²) in [7, 11) is 2.35. The second-order valence-electron chi connectivity index (χ2n) is 4.12. The van der Waals surface area contributed by atoms with Crippen LogP contribution < -0.4 is 4.90 Å². The molecular weight excluding hydrogens is 282 g/mol. The summed E-state index contributed by atoms with van der Waals surface area (Å²) in [5, 5.41) is 11.1. The van der Waals surface area contributed by atoms with E-state index in [2.05, 4.69) is 14.5 Å². The van der Waals surface area contributed by atoms with Crippen LogP contribution in [-0.4, -0.2) is 49.2 Å². The molecule has 114 valence electrons. The van der Waals surface area contributed by atoms with E-state index in [1.165, 1.54) is 26.5 Å². The lowest BCUT2D eigenvalue weighted by molar-refractivity contribution is -0.384. The lowest BCUT2D eigenvalue weighted by Gasteiger charge is -2.20. The molecule has 1 aromatic heterocycles. The first kappa shape index (κ1) is 16.3. The van der Waals surface area contributed by atoms with Crippen LogP contribution in [0.4, 0.5) is 11.5 Å². The number of nitrogens with zero attached hydrogens (tertiary/aromatic N) is 3. The third-order valence-corrected chi connectivity index (χ3v) is 2.58. The van der Waals surface area contributed by atoms with Crippen LogP contribution in [0.2, 0.25) is 0 Å². The second-order valence-corrected chi connectivity index (χ2v) is 4.12. The van der Waals surface area contributed by atoms with E-state index < -0.39 is 16.9 Å². The van der Waals surface area contributed by atoms with Crippen molar-refractivity contribution < 1.29 is 24.0 Å². The molecular formula is C12H15N3O6. The van der Waals surface area contributed by atoms with E-state index in [9.17, 15) is 19.7 Å². The highest BCUT2D eigenvalue weighted by molar-refractivity contribution is 5.82. The van der Waals surface area contributed by atoms with Crippen molar-refractivity contribution in [2.45, 2.75) is 6.92 Å². The zero-order valence-corrected chi connectivity index (χ0v) is 11.9. The molecule has 0 aliphatic rings. The van der Waals surface area contributed by atoms with Crippen LogP contribution in [0.25, 0.3) is 0 Å². The van der Waals surface area contributed by atoms with Gasteiger partial charge in [0.15, 0.2) is 0 Å². The Balaban J connectivity index is 3.21. The van der Waals surface area contributed by atoms with Gasteiger partial charge in [-0.3, -0.25) is 19.7 Å². The van der Waals surface area contributed by atoms with Crippen molar-refractivity contribution in [1.29, 1.82) is 0 Å². The highest BCUT2D eigenvalue weighted by Crippen LogP contribution is 2.26. The maximum Gasteiger partial charge on any atom is 0.325 e. The zero-order valence-electron chi connectivity index (χ0n) is 11.9. The number of nitro groups is 1. The maximum absolute atomic E-state index is 11.4. The van der Waals surface area contributed by atoms with Gasteiger partial charge in [0.05, 0.1) is 19.1 Å². The Kier molecular flexibility index (Phi) is 5.58. The first-order valence-electron chi connectivity index (χ1n) is 5.88. The molecule has 0 radical (unpaired) electrons. The van der Waals surface area contributed by atoms with Crippen LogP contribution in [0, 0.1) is 17.0 Å². The molecule has 0 N–H and O–H groups in total. The molecule has 0 spiro atoms. The van der Waals surface area contributed by atoms with Crippen molar-refractivity contribution in [1.82, 2.24) is 4.98 Å². The van der Waals surface area contributed by atoms with E-state index in [-0.39, 0.29) is 24.6 Å². The Hall–Kier alpha value is -2.71. The average Bonchev–Trinajstić information content (AvgIpc) is 2.45. The number of rotatable bonds is 6. The molecule has 1 aromatic rings. The SMILES string of the molecule is COC(=O)CN(CC(=O)OC)c1ncc(C)cc1[N+](=O)[O-]. The molecule has 0 amide bonds. The van der Waals surface area contributed by atoms with Gasteiger partial charge in [0.25, 0.3) is 0 Å². The summed E-state index contributed by atoms with van der Waals surface area (Å²) in [4.78, 5) is 38.3. The minimum atomic E-state index is -0.657. The zero-order chi connectivity index (χ0) is 16.0. The number of ether oxygens (including phenoxy) is 2. The maximum atomic E-state index is 11.4. The number of hydrogen-bond donors (Lipinski definition) is 0. The van der Waals surface area contributed by atoms with Crippen LogP contribution in [0.15, 0.2) is 12.3 Å². The predicted octanol–water partition coefficient (Wildman–Crippen LogP) is 0.451. The Bertz CT molecular complexity index is 542. The molecule has 0 bridgehead atoms. The van der Waals surface area contributed by atoms with Gasteiger partial charge in [-0.15, -0.1) is 0 Å². The minimum absolute atomic E-state index is 0.0959. The van der Waals surface area contributed by atoms with Gasteiger partial charge in [-0.25, -0.2) is 4.98 Å². The number of pyridine rings is 1. The fourth-order valence-electron chi connectivity index (χ4n) is 1.57. The largest absolute Gasteiger partial charge is 0.468 e. The fraction of sp³-hybridized carbons (Fsp3) is 0.417. The van der Waals surface area contributed by atoms with Crippen LogP contribution in [0.5, 0.6) is 0 Å². The minimum Gasteiger partial charge on any atom is -0.468 e. The number of aromatic nitrogens is 1. The van der Waals surface area contributed by atoms with Crippen molar-refractivity contribution in [3.8, 4) is 0 Å². The van der Waals surface area contributed by atoms with E-state index in [1.807, 2.05) is 0 Å². The summed E-state index contributed by atoms with van der Waals surface area (Å²) in [6, 6.07) is 1.31. The standard InChI is InChI=1S/C12H15N3O6/c1-8-4-9(15(18)19)12(13-5-8)14(6-10(16)20-2)7-11(17)21-3/h4-5H,6-7H2,1-3H3. The summed E-state index contributed by atoms with van der Waals surface area (Å²) in [6.07, 6.45) is 1.41. The van der Waals surface area contributed by atoms with Gasteiger partial charge in [0, 0.05) is 12.3 Å². The van der Waals surface area contributed by atoms with Crippen molar-refractivity contribution >= 4 is 23.4 Å². The molecule has 0 saturated carbocycles. The molecule has 0 aliphatic carbocycles. The Morgan fingerprint density at radius 2 is 1.81 bits per heavy atom. The van der Waals surface area contributed by atoms with Gasteiger partial charge < -0.3 is 14.4 Å². The molecule has 9 heteroatoms. The van der Waals surface area contributed by atoms with E-state index in [0.717, 1.165) is 4.90 Å². The van der Waals surface area contributed by atoms with E-state index >= 15 is 0 Å². The van der Waals surface area contributed by atoms with E-state index in [4.69, 9.17) is 0 Å². The second kappa shape index (κ2) is 7.17. The molecule has 1 rings (SSSR count). The number of aryl methyl sites for hydroxylation is 1. The monoisotopic (exact) mass is 297 g/mol. The Labute approximate surface area is 120 Å². The third kappa shape index (κ3) is 4.41. The first-order valence-corrected chi connectivity index (χ1v) is 5.88. The number of methoxy groups -OCH3 is 2. The van der Waals surface area contributed by atoms with Crippen LogP contribution in [0.3, 0.4) is 0 Å². The lowest BCUT2D eigenvalue weighted by atomic mass is 10.2. The highest BCUT2D eigenvalue weighted by Gasteiger charge is 2.25. The van der Waals surface area contributed by atoms with Gasteiger partial charge in [-0.2, -0.15) is 0 Å². The molecule has 0 unspecified atom stereocenters. The highest BCUT2D eigenvalue weighted by atomic mass is 16.6. The van der Waals surface area contributed by atoms with Gasteiger partial charge in [0.2, 0.25) is 5.82 Å². The quantitative estimate of drug-likeness (QED) is 0.422. The molecule has 21 heavy (non-hydrogen) atoms. The normalized spacial score (nSPS) is 9.86. The molecule has 0 saturated heterocycles. The lowest BCUT2D eigenvalue weighted by Crippen LogP contribution is -2.36. The number of carbonyl (C=O) groups is 2. The average molecular weight is 297 g/mol. The third-order valence-electron chi connectivity index (χ3n) is 2.58. The fourth-order valence-corrected chi connectivity index (χ4v) is 1.57. The number of esters is 2. The molecule has 0 atom stereocenters. The smallest absolute Gasteiger partial charge is 0.325 e. The van der Waals surface area contributed by atoms with E-state index in [0.29, 0.717) is 5.56 Å². The summed E-state index contributed by atoms with van der Waals surface area (Å²) in [5.74, 6) is -1.41. The Morgan fingerprint density at radius 1 is 1.29 bits per heavy atom. The number of anilines is 1. The van der Waals surface area contributed by atoms with Gasteiger partial charge in [-0.1, -0.05) is 0 Å². The van der Waals surface area contributed by atoms with Crippen LogP contribution in [0.1, 0.15) is 5.56 Å². The number of carbonyl (C=O) groups excluding carboxylic acids is 2. The van der Waals surface area contributed by atoms with Crippen molar-refractivity contribution in [2.24, 2.45) is 0 Å². The van der Waals surface area contributed by atoms with Gasteiger partial charge >= 0.3 is 17.6 Å².